The van der Waals surface area contributed by atoms with Crippen LogP contribution in [0.1, 0.15) is 25.0 Å². The molecule has 0 spiro atoms. The van der Waals surface area contributed by atoms with Crippen LogP contribution in [0.4, 0.5) is 0 Å². The average Bonchev–Trinajstić information content (AvgIpc) is 3.34. The molecule has 0 radical (unpaired) electrons. The quantitative estimate of drug-likeness (QED) is 0.268. The van der Waals surface area contributed by atoms with Gasteiger partial charge in [0.2, 0.25) is 0 Å². The Morgan fingerprint density at radius 3 is 2.18 bits per heavy atom. The molecule has 2 aromatic heterocycles. The van der Waals surface area contributed by atoms with Gasteiger partial charge in [-0.2, -0.15) is 0 Å². The van der Waals surface area contributed by atoms with E-state index in [-0.39, 0.29) is 5.41 Å². The van der Waals surface area contributed by atoms with Gasteiger partial charge >= 0.3 is 0 Å². The zero-order valence-corrected chi connectivity index (χ0v) is 19.3. The Hall–Kier alpha value is -4.17. The summed E-state index contributed by atoms with van der Waals surface area (Å²) in [5.74, 6) is 0. The fourth-order valence-electron chi connectivity index (χ4n) is 5.84. The highest BCUT2D eigenvalue weighted by molar-refractivity contribution is 6.13. The Morgan fingerprint density at radius 2 is 1.38 bits per heavy atom. The van der Waals surface area contributed by atoms with Gasteiger partial charge in [0.05, 0.1) is 16.7 Å². The molecular weight excluding hydrogens is 412 g/mol. The van der Waals surface area contributed by atoms with E-state index >= 15 is 0 Å². The van der Waals surface area contributed by atoms with Gasteiger partial charge in [-0.1, -0.05) is 92.7 Å². The number of hydrogen-bond donors (Lipinski definition) is 0. The first kappa shape index (κ1) is 19.3. The molecule has 0 saturated heterocycles. The third-order valence-electron chi connectivity index (χ3n) is 7.41. The van der Waals surface area contributed by atoms with Crippen molar-refractivity contribution in [1.82, 2.24) is 9.55 Å². The van der Waals surface area contributed by atoms with Gasteiger partial charge in [-0.05, 0) is 46.5 Å². The summed E-state index contributed by atoms with van der Waals surface area (Å²) in [7, 11) is 0. The number of pyridine rings is 1. The van der Waals surface area contributed by atoms with Crippen molar-refractivity contribution in [2.75, 3.05) is 0 Å². The van der Waals surface area contributed by atoms with Crippen LogP contribution < -0.4 is 0 Å². The van der Waals surface area contributed by atoms with Crippen LogP contribution in [-0.2, 0) is 5.41 Å². The first-order valence-corrected chi connectivity index (χ1v) is 11.8. The van der Waals surface area contributed by atoms with Crippen LogP contribution in [0, 0.1) is 0 Å². The number of fused-ring (bicyclic) bond motifs is 7. The first-order chi connectivity index (χ1) is 16.6. The maximum absolute atomic E-state index is 4.90. The molecule has 0 N–H and O–H groups in total. The molecule has 0 saturated carbocycles. The summed E-state index contributed by atoms with van der Waals surface area (Å²) in [4.78, 5) is 4.90. The predicted octanol–water partition coefficient (Wildman–Crippen LogP) is 8.15. The predicted molar refractivity (Wildman–Crippen MR) is 142 cm³/mol. The number of aromatic nitrogens is 2. The summed E-state index contributed by atoms with van der Waals surface area (Å²) in [6.45, 7) is 4.68. The Morgan fingerprint density at radius 1 is 0.676 bits per heavy atom. The lowest BCUT2D eigenvalue weighted by Crippen LogP contribution is -2.17. The van der Waals surface area contributed by atoms with E-state index in [9.17, 15) is 0 Å². The van der Waals surface area contributed by atoms with Gasteiger partial charge in [0.1, 0.15) is 0 Å². The van der Waals surface area contributed by atoms with Gasteiger partial charge in [-0.3, -0.25) is 4.98 Å². The number of nitrogens with zero attached hydrogens (tertiary/aromatic N) is 2. The first-order valence-electron chi connectivity index (χ1n) is 11.8. The fraction of sp³-hybridized carbons (Fsp3) is 0.0938. The molecule has 0 aliphatic heterocycles. The standard InChI is InChI=1S/C32H24N2/c1-32(2)27-20-33-28(21-11-5-3-6-12-21)19-26(27)24-17-18-25-23-15-9-10-16-29(23)34(31(25)30(24)32)22-13-7-4-8-14-22/h3-20H,1-2H3. The summed E-state index contributed by atoms with van der Waals surface area (Å²) >= 11 is 0. The lowest BCUT2D eigenvalue weighted by molar-refractivity contribution is 0.661. The highest BCUT2D eigenvalue weighted by Crippen LogP contribution is 2.53. The second-order valence-electron chi connectivity index (χ2n) is 9.68. The molecule has 7 rings (SSSR count). The molecule has 0 amide bonds. The molecule has 0 atom stereocenters. The van der Waals surface area contributed by atoms with Gasteiger partial charge < -0.3 is 4.57 Å². The van der Waals surface area contributed by atoms with Gasteiger partial charge in [-0.25, -0.2) is 0 Å². The molecule has 162 valence electrons. The molecule has 2 nitrogen and oxygen atoms in total. The molecule has 6 aromatic rings. The van der Waals surface area contributed by atoms with Gasteiger partial charge in [0.15, 0.2) is 0 Å². The van der Waals surface area contributed by atoms with Crippen LogP contribution in [0.5, 0.6) is 0 Å². The average molecular weight is 437 g/mol. The highest BCUT2D eigenvalue weighted by atomic mass is 15.0. The van der Waals surface area contributed by atoms with Crippen molar-refractivity contribution >= 4 is 21.8 Å². The smallest absolute Gasteiger partial charge is 0.0708 e. The number of benzene rings is 4. The van der Waals surface area contributed by atoms with Crippen LogP contribution in [0.15, 0.2) is 109 Å². The summed E-state index contributed by atoms with van der Waals surface area (Å²) in [6, 6.07) is 36.9. The molecule has 2 heterocycles. The molecule has 1 aliphatic carbocycles. The van der Waals surface area contributed by atoms with E-state index in [1.165, 1.54) is 49.7 Å². The van der Waals surface area contributed by atoms with E-state index in [0.717, 1.165) is 11.3 Å². The monoisotopic (exact) mass is 436 g/mol. The topological polar surface area (TPSA) is 17.8 Å². The molecule has 4 aromatic carbocycles. The van der Waals surface area contributed by atoms with Crippen molar-refractivity contribution in [3.8, 4) is 28.1 Å². The SMILES string of the molecule is CC1(C)c2cnc(-c3ccccc3)cc2-c2ccc3c4ccccc4n(-c4ccccc4)c3c21. The van der Waals surface area contributed by atoms with Crippen molar-refractivity contribution in [3.05, 3.63) is 120 Å². The minimum absolute atomic E-state index is 0.159. The second kappa shape index (κ2) is 6.91. The minimum atomic E-state index is -0.159. The maximum atomic E-state index is 4.90. The Balaban J connectivity index is 1.60. The highest BCUT2D eigenvalue weighted by Gasteiger charge is 2.39. The summed E-state index contributed by atoms with van der Waals surface area (Å²) in [6.07, 6.45) is 2.10. The molecule has 1 aliphatic rings. The lowest BCUT2D eigenvalue weighted by Gasteiger charge is -2.23. The molecule has 0 fully saturated rings. The molecule has 0 bridgehead atoms. The number of para-hydroxylation sites is 2. The lowest BCUT2D eigenvalue weighted by atomic mass is 9.82. The van der Waals surface area contributed by atoms with Crippen LogP contribution in [0.2, 0.25) is 0 Å². The van der Waals surface area contributed by atoms with Crippen LogP contribution in [-0.4, -0.2) is 9.55 Å². The zero-order valence-electron chi connectivity index (χ0n) is 19.3. The molecule has 0 unspecified atom stereocenters. The van der Waals surface area contributed by atoms with E-state index < -0.39 is 0 Å². The van der Waals surface area contributed by atoms with Gasteiger partial charge in [-0.15, -0.1) is 0 Å². The van der Waals surface area contributed by atoms with Crippen LogP contribution in [0.25, 0.3) is 49.9 Å². The number of rotatable bonds is 2. The van der Waals surface area contributed by atoms with E-state index in [0.29, 0.717) is 0 Å². The van der Waals surface area contributed by atoms with E-state index in [2.05, 4.69) is 128 Å². The van der Waals surface area contributed by atoms with Gasteiger partial charge in [0.25, 0.3) is 0 Å². The van der Waals surface area contributed by atoms with Crippen molar-refractivity contribution in [1.29, 1.82) is 0 Å². The van der Waals surface area contributed by atoms with Gasteiger partial charge in [0, 0.05) is 33.6 Å². The third-order valence-corrected chi connectivity index (χ3v) is 7.41. The van der Waals surface area contributed by atoms with E-state index in [1.807, 2.05) is 0 Å². The van der Waals surface area contributed by atoms with E-state index in [4.69, 9.17) is 4.98 Å². The fourth-order valence-corrected chi connectivity index (χ4v) is 5.84. The van der Waals surface area contributed by atoms with Crippen LogP contribution >= 0.6 is 0 Å². The van der Waals surface area contributed by atoms with Crippen molar-refractivity contribution < 1.29 is 0 Å². The Labute approximate surface area is 199 Å². The Kier molecular flexibility index (Phi) is 3.93. The maximum Gasteiger partial charge on any atom is 0.0708 e. The largest absolute Gasteiger partial charge is 0.309 e. The summed E-state index contributed by atoms with van der Waals surface area (Å²) in [5.41, 5.74) is 11.0. The summed E-state index contributed by atoms with van der Waals surface area (Å²) < 4.78 is 2.45. The van der Waals surface area contributed by atoms with Crippen molar-refractivity contribution in [2.24, 2.45) is 0 Å². The van der Waals surface area contributed by atoms with Crippen molar-refractivity contribution in [2.45, 2.75) is 19.3 Å². The Bertz CT molecular complexity index is 1710. The zero-order chi connectivity index (χ0) is 22.9. The minimum Gasteiger partial charge on any atom is -0.309 e. The van der Waals surface area contributed by atoms with E-state index in [1.54, 1.807) is 0 Å². The number of hydrogen-bond acceptors (Lipinski definition) is 1. The molecular formula is C32H24N2. The molecule has 34 heavy (non-hydrogen) atoms. The third kappa shape index (κ3) is 2.54. The van der Waals surface area contributed by atoms with Crippen molar-refractivity contribution in [3.63, 3.8) is 0 Å². The summed E-state index contributed by atoms with van der Waals surface area (Å²) in [5, 5.41) is 2.59. The molecule has 2 heteroatoms. The normalized spacial score (nSPS) is 13.8. The van der Waals surface area contributed by atoms with Crippen LogP contribution in [0.3, 0.4) is 0 Å². The second-order valence-corrected chi connectivity index (χ2v) is 9.68.